The van der Waals surface area contributed by atoms with Gasteiger partial charge in [-0.1, -0.05) is 5.57 Å². The van der Waals surface area contributed by atoms with Crippen molar-refractivity contribution in [2.75, 3.05) is 0 Å². The number of hydrogen-bond donors (Lipinski definition) is 0. The van der Waals surface area contributed by atoms with Gasteiger partial charge in [-0.3, -0.25) is 4.79 Å². The molecule has 0 radical (unpaired) electrons. The zero-order chi connectivity index (χ0) is 8.69. The van der Waals surface area contributed by atoms with Crippen molar-refractivity contribution in [3.05, 3.63) is 11.6 Å². The smallest absolute Gasteiger partial charge is 0.152 e. The summed E-state index contributed by atoms with van der Waals surface area (Å²) in [5, 5.41) is 0. The first-order valence-electron chi connectivity index (χ1n) is 3.78. The van der Waals surface area contributed by atoms with Gasteiger partial charge in [-0.05, 0) is 32.8 Å². The summed E-state index contributed by atoms with van der Waals surface area (Å²) in [6.07, 6.45) is 4.80. The Morgan fingerprint density at radius 3 is 2.45 bits per heavy atom. The first-order chi connectivity index (χ1) is 5.16. The SMILES string of the molecule is CC(=O)/C=C(\C)CCCC=O. The van der Waals surface area contributed by atoms with E-state index in [0.29, 0.717) is 6.42 Å². The lowest BCUT2D eigenvalue weighted by Gasteiger charge is -1.95. The van der Waals surface area contributed by atoms with Gasteiger partial charge in [0.1, 0.15) is 6.29 Å². The van der Waals surface area contributed by atoms with Crippen molar-refractivity contribution in [2.24, 2.45) is 0 Å². The van der Waals surface area contributed by atoms with Crippen LogP contribution in [0.5, 0.6) is 0 Å². The highest BCUT2D eigenvalue weighted by atomic mass is 16.1. The van der Waals surface area contributed by atoms with Crippen molar-refractivity contribution < 1.29 is 9.59 Å². The van der Waals surface area contributed by atoms with E-state index in [2.05, 4.69) is 0 Å². The lowest BCUT2D eigenvalue weighted by atomic mass is 10.1. The minimum Gasteiger partial charge on any atom is -0.303 e. The highest BCUT2D eigenvalue weighted by Gasteiger charge is 1.91. The van der Waals surface area contributed by atoms with E-state index < -0.39 is 0 Å². The van der Waals surface area contributed by atoms with Crippen LogP contribution in [0.2, 0.25) is 0 Å². The molecule has 0 fully saturated rings. The number of rotatable bonds is 5. The van der Waals surface area contributed by atoms with E-state index in [1.807, 2.05) is 6.92 Å². The average molecular weight is 154 g/mol. The van der Waals surface area contributed by atoms with E-state index in [-0.39, 0.29) is 5.78 Å². The molecule has 0 amide bonds. The quantitative estimate of drug-likeness (QED) is 0.344. The lowest BCUT2D eigenvalue weighted by molar-refractivity contribution is -0.112. The first-order valence-corrected chi connectivity index (χ1v) is 3.78. The maximum Gasteiger partial charge on any atom is 0.152 e. The Morgan fingerprint density at radius 2 is 2.00 bits per heavy atom. The summed E-state index contributed by atoms with van der Waals surface area (Å²) >= 11 is 0. The third kappa shape index (κ3) is 6.97. The van der Waals surface area contributed by atoms with Gasteiger partial charge in [-0.15, -0.1) is 0 Å². The summed E-state index contributed by atoms with van der Waals surface area (Å²) in [5.74, 6) is 0.0774. The lowest BCUT2D eigenvalue weighted by Crippen LogP contribution is -1.86. The molecule has 0 aliphatic carbocycles. The van der Waals surface area contributed by atoms with Crippen LogP contribution in [0.3, 0.4) is 0 Å². The summed E-state index contributed by atoms with van der Waals surface area (Å²) < 4.78 is 0. The largest absolute Gasteiger partial charge is 0.303 e. The second-order valence-corrected chi connectivity index (χ2v) is 2.66. The van der Waals surface area contributed by atoms with Crippen LogP contribution in [-0.2, 0) is 9.59 Å². The number of allylic oxidation sites excluding steroid dienone is 2. The van der Waals surface area contributed by atoms with Gasteiger partial charge in [0.05, 0.1) is 0 Å². The van der Waals surface area contributed by atoms with E-state index in [0.717, 1.165) is 24.7 Å². The molecule has 11 heavy (non-hydrogen) atoms. The van der Waals surface area contributed by atoms with Gasteiger partial charge in [-0.25, -0.2) is 0 Å². The second kappa shape index (κ2) is 5.83. The van der Waals surface area contributed by atoms with Gasteiger partial charge < -0.3 is 4.79 Å². The Morgan fingerprint density at radius 1 is 1.36 bits per heavy atom. The molecular formula is C9H14O2. The topological polar surface area (TPSA) is 34.1 Å². The summed E-state index contributed by atoms with van der Waals surface area (Å²) in [6, 6.07) is 0. The molecule has 0 rings (SSSR count). The second-order valence-electron chi connectivity index (χ2n) is 2.66. The van der Waals surface area contributed by atoms with Crippen LogP contribution in [0, 0.1) is 0 Å². The number of aldehydes is 1. The number of unbranched alkanes of at least 4 members (excludes halogenated alkanes) is 1. The molecule has 0 saturated carbocycles. The zero-order valence-electron chi connectivity index (χ0n) is 7.09. The first kappa shape index (κ1) is 10.1. The van der Waals surface area contributed by atoms with Crippen LogP contribution in [0.1, 0.15) is 33.1 Å². The molecule has 0 bridgehead atoms. The minimum absolute atomic E-state index is 0.0774. The molecule has 0 spiro atoms. The van der Waals surface area contributed by atoms with Crippen molar-refractivity contribution in [2.45, 2.75) is 33.1 Å². The zero-order valence-corrected chi connectivity index (χ0v) is 7.09. The van der Waals surface area contributed by atoms with Crippen molar-refractivity contribution >= 4 is 12.1 Å². The van der Waals surface area contributed by atoms with E-state index in [1.54, 1.807) is 6.08 Å². The van der Waals surface area contributed by atoms with Crippen LogP contribution in [0.25, 0.3) is 0 Å². The highest BCUT2D eigenvalue weighted by Crippen LogP contribution is 2.04. The van der Waals surface area contributed by atoms with Crippen LogP contribution < -0.4 is 0 Å². The van der Waals surface area contributed by atoms with Crippen LogP contribution in [0.15, 0.2) is 11.6 Å². The van der Waals surface area contributed by atoms with Crippen LogP contribution in [-0.4, -0.2) is 12.1 Å². The van der Waals surface area contributed by atoms with E-state index in [1.165, 1.54) is 6.92 Å². The monoisotopic (exact) mass is 154 g/mol. The minimum atomic E-state index is 0.0774. The molecule has 0 aromatic heterocycles. The Hall–Kier alpha value is -0.920. The number of hydrogen-bond acceptors (Lipinski definition) is 2. The van der Waals surface area contributed by atoms with E-state index in [4.69, 9.17) is 0 Å². The van der Waals surface area contributed by atoms with Gasteiger partial charge in [0.25, 0.3) is 0 Å². The fourth-order valence-electron chi connectivity index (χ4n) is 0.883. The molecule has 0 aromatic carbocycles. The molecule has 2 heteroatoms. The number of carbonyl (C=O) groups is 2. The van der Waals surface area contributed by atoms with Crippen molar-refractivity contribution in [3.63, 3.8) is 0 Å². The van der Waals surface area contributed by atoms with E-state index >= 15 is 0 Å². The predicted octanol–water partition coefficient (Wildman–Crippen LogP) is 1.89. The van der Waals surface area contributed by atoms with Crippen LogP contribution in [0.4, 0.5) is 0 Å². The molecular weight excluding hydrogens is 140 g/mol. The Bertz CT molecular complexity index is 168. The average Bonchev–Trinajstić information content (AvgIpc) is 1.86. The Kier molecular flexibility index (Phi) is 5.35. The summed E-state index contributed by atoms with van der Waals surface area (Å²) in [4.78, 5) is 20.5. The van der Waals surface area contributed by atoms with Crippen molar-refractivity contribution in [1.29, 1.82) is 0 Å². The molecule has 0 heterocycles. The number of carbonyl (C=O) groups excluding carboxylic acids is 2. The summed E-state index contributed by atoms with van der Waals surface area (Å²) in [5.41, 5.74) is 1.05. The molecule has 0 unspecified atom stereocenters. The summed E-state index contributed by atoms with van der Waals surface area (Å²) in [6.45, 7) is 3.44. The Labute approximate surface area is 67.3 Å². The molecule has 0 aliphatic heterocycles. The van der Waals surface area contributed by atoms with E-state index in [9.17, 15) is 9.59 Å². The molecule has 2 nitrogen and oxygen atoms in total. The fraction of sp³-hybridized carbons (Fsp3) is 0.556. The molecule has 0 aromatic rings. The molecule has 0 saturated heterocycles. The third-order valence-electron chi connectivity index (χ3n) is 1.34. The fourth-order valence-corrected chi connectivity index (χ4v) is 0.883. The Balaban J connectivity index is 3.59. The van der Waals surface area contributed by atoms with Gasteiger partial charge in [0.15, 0.2) is 5.78 Å². The molecule has 0 aliphatic rings. The predicted molar refractivity (Wildman–Crippen MR) is 44.4 cm³/mol. The maximum atomic E-state index is 10.5. The summed E-state index contributed by atoms with van der Waals surface area (Å²) in [7, 11) is 0. The standard InChI is InChI=1S/C9H14O2/c1-8(7-9(2)11)5-3-4-6-10/h6-7H,3-5H2,1-2H3/b8-7+. The highest BCUT2D eigenvalue weighted by molar-refractivity contribution is 5.87. The molecule has 0 atom stereocenters. The van der Waals surface area contributed by atoms with Crippen molar-refractivity contribution in [3.8, 4) is 0 Å². The molecule has 62 valence electrons. The van der Waals surface area contributed by atoms with Crippen LogP contribution >= 0.6 is 0 Å². The normalized spacial score (nSPS) is 11.3. The van der Waals surface area contributed by atoms with Gasteiger partial charge >= 0.3 is 0 Å². The van der Waals surface area contributed by atoms with Gasteiger partial charge in [-0.2, -0.15) is 0 Å². The van der Waals surface area contributed by atoms with Gasteiger partial charge in [0, 0.05) is 6.42 Å². The maximum absolute atomic E-state index is 10.5. The number of ketones is 1. The van der Waals surface area contributed by atoms with Gasteiger partial charge in [0.2, 0.25) is 0 Å². The molecule has 0 N–H and O–H groups in total. The van der Waals surface area contributed by atoms with Crippen molar-refractivity contribution in [1.82, 2.24) is 0 Å². The third-order valence-corrected chi connectivity index (χ3v) is 1.34.